The lowest BCUT2D eigenvalue weighted by Gasteiger charge is -2.23. The minimum atomic E-state index is -0.493. The second-order valence-electron chi connectivity index (χ2n) is 6.42. The number of rotatable bonds is 2. The summed E-state index contributed by atoms with van der Waals surface area (Å²) < 4.78 is 0. The molecule has 1 fully saturated rings. The summed E-state index contributed by atoms with van der Waals surface area (Å²) in [6, 6.07) is 4.49. The molecule has 3 rings (SSSR count). The molecule has 6 heteroatoms. The molecule has 1 aromatic rings. The monoisotopic (exact) mass is 314 g/mol. The summed E-state index contributed by atoms with van der Waals surface area (Å²) >= 11 is 0. The number of imide groups is 1. The van der Waals surface area contributed by atoms with E-state index in [9.17, 15) is 19.7 Å². The summed E-state index contributed by atoms with van der Waals surface area (Å²) in [5.74, 6) is -1.17. The Morgan fingerprint density at radius 3 is 2.04 bits per heavy atom. The van der Waals surface area contributed by atoms with Gasteiger partial charge < -0.3 is 0 Å². The first-order chi connectivity index (χ1) is 10.8. The number of fused-ring (bicyclic) bond motifs is 1. The fourth-order valence-electron chi connectivity index (χ4n) is 3.44. The van der Waals surface area contributed by atoms with Crippen LogP contribution < -0.4 is 4.90 Å². The summed E-state index contributed by atoms with van der Waals surface area (Å²) in [6.07, 6.45) is 1.18. The number of hydrogen-bond acceptors (Lipinski definition) is 4. The zero-order chi connectivity index (χ0) is 16.9. The third kappa shape index (κ3) is 2.34. The van der Waals surface area contributed by atoms with Crippen LogP contribution in [0.4, 0.5) is 11.4 Å². The van der Waals surface area contributed by atoms with E-state index in [-0.39, 0.29) is 29.3 Å². The Bertz CT molecular complexity index is 734. The highest BCUT2D eigenvalue weighted by Crippen LogP contribution is 2.42. The van der Waals surface area contributed by atoms with E-state index in [4.69, 9.17) is 0 Å². The summed E-state index contributed by atoms with van der Waals surface area (Å²) in [4.78, 5) is 37.1. The molecule has 2 atom stereocenters. The maximum atomic E-state index is 12.7. The zero-order valence-corrected chi connectivity index (χ0v) is 13.3. The number of aryl methyl sites for hydroxylation is 1. The Kier molecular flexibility index (Phi) is 3.55. The molecule has 1 saturated heterocycles. The summed E-state index contributed by atoms with van der Waals surface area (Å²) in [5, 5.41) is 11.1. The molecular weight excluding hydrogens is 296 g/mol. The predicted molar refractivity (Wildman–Crippen MR) is 84.9 cm³/mol. The molecule has 2 aliphatic rings. The SMILES string of the molecule is CC1=C(C)C[C@H]2C(=O)N(c3ccc(C)c([N+](=O)[O-])c3)C(=O)[C@@H]2C1. The lowest BCUT2D eigenvalue weighted by molar-refractivity contribution is -0.385. The van der Waals surface area contributed by atoms with Crippen molar-refractivity contribution < 1.29 is 14.5 Å². The Hall–Kier alpha value is -2.50. The quantitative estimate of drug-likeness (QED) is 0.363. The van der Waals surface area contributed by atoms with Crippen LogP contribution in [-0.4, -0.2) is 16.7 Å². The highest BCUT2D eigenvalue weighted by molar-refractivity contribution is 6.22. The van der Waals surface area contributed by atoms with Gasteiger partial charge in [0.2, 0.25) is 11.8 Å². The molecule has 0 spiro atoms. The third-order valence-electron chi connectivity index (χ3n) is 4.99. The molecule has 120 valence electrons. The molecule has 23 heavy (non-hydrogen) atoms. The average molecular weight is 314 g/mol. The van der Waals surface area contributed by atoms with Gasteiger partial charge in [-0.2, -0.15) is 0 Å². The highest BCUT2D eigenvalue weighted by Gasteiger charge is 2.49. The standard InChI is InChI=1S/C17H18N2O4/c1-9-4-5-12(8-15(9)19(22)23)18-16(20)13-6-10(2)11(3)7-14(13)17(18)21/h4-5,8,13-14H,6-7H2,1-3H3/t13-,14-/m1/s1. The van der Waals surface area contributed by atoms with Crippen LogP contribution in [0.3, 0.4) is 0 Å². The topological polar surface area (TPSA) is 80.5 Å². The number of nitro groups is 1. The van der Waals surface area contributed by atoms with Crippen molar-refractivity contribution in [3.05, 3.63) is 45.0 Å². The Balaban J connectivity index is 2.00. The minimum absolute atomic E-state index is 0.0801. The van der Waals surface area contributed by atoms with Gasteiger partial charge >= 0.3 is 0 Å². The van der Waals surface area contributed by atoms with Gasteiger partial charge in [-0.25, -0.2) is 4.90 Å². The second kappa shape index (κ2) is 5.30. The van der Waals surface area contributed by atoms with Crippen molar-refractivity contribution in [3.63, 3.8) is 0 Å². The molecule has 1 aromatic carbocycles. The van der Waals surface area contributed by atoms with Crippen LogP contribution in [0.25, 0.3) is 0 Å². The molecule has 6 nitrogen and oxygen atoms in total. The Labute approximate surface area is 133 Å². The molecule has 2 amide bonds. The van der Waals surface area contributed by atoms with Gasteiger partial charge in [0.05, 0.1) is 22.4 Å². The van der Waals surface area contributed by atoms with E-state index in [1.807, 2.05) is 13.8 Å². The molecule has 0 radical (unpaired) electrons. The zero-order valence-electron chi connectivity index (χ0n) is 13.3. The Morgan fingerprint density at radius 2 is 1.57 bits per heavy atom. The highest BCUT2D eigenvalue weighted by atomic mass is 16.6. The lowest BCUT2D eigenvalue weighted by Crippen LogP contribution is -2.30. The van der Waals surface area contributed by atoms with Gasteiger partial charge in [-0.1, -0.05) is 17.2 Å². The molecule has 0 aromatic heterocycles. The number of carbonyl (C=O) groups excluding carboxylic acids is 2. The van der Waals surface area contributed by atoms with Crippen molar-refractivity contribution in [2.75, 3.05) is 4.90 Å². The van der Waals surface area contributed by atoms with Crippen molar-refractivity contribution in [1.29, 1.82) is 0 Å². The molecule has 1 aliphatic carbocycles. The molecule has 1 aliphatic heterocycles. The number of nitro benzene ring substituents is 1. The summed E-state index contributed by atoms with van der Waals surface area (Å²) in [5.41, 5.74) is 3.03. The van der Waals surface area contributed by atoms with Crippen LogP contribution in [0.2, 0.25) is 0 Å². The van der Waals surface area contributed by atoms with Gasteiger partial charge in [0, 0.05) is 11.6 Å². The van der Waals surface area contributed by atoms with Gasteiger partial charge in [-0.3, -0.25) is 19.7 Å². The first-order valence-corrected chi connectivity index (χ1v) is 7.59. The third-order valence-corrected chi connectivity index (χ3v) is 4.99. The van der Waals surface area contributed by atoms with Crippen molar-refractivity contribution in [2.45, 2.75) is 33.6 Å². The van der Waals surface area contributed by atoms with Crippen LogP contribution in [0, 0.1) is 28.9 Å². The van der Waals surface area contributed by atoms with Gasteiger partial charge in [-0.15, -0.1) is 0 Å². The Morgan fingerprint density at radius 1 is 1.04 bits per heavy atom. The number of amides is 2. The molecule has 0 saturated carbocycles. The van der Waals surface area contributed by atoms with Crippen molar-refractivity contribution >= 4 is 23.2 Å². The van der Waals surface area contributed by atoms with E-state index in [1.165, 1.54) is 6.07 Å². The first-order valence-electron chi connectivity index (χ1n) is 7.59. The van der Waals surface area contributed by atoms with Crippen LogP contribution in [-0.2, 0) is 9.59 Å². The second-order valence-corrected chi connectivity index (χ2v) is 6.42. The van der Waals surface area contributed by atoms with E-state index in [1.54, 1.807) is 19.1 Å². The molecular formula is C17H18N2O4. The normalized spacial score (nSPS) is 24.2. The predicted octanol–water partition coefficient (Wildman–Crippen LogP) is 3.14. The molecule has 0 bridgehead atoms. The van der Waals surface area contributed by atoms with Crippen molar-refractivity contribution in [1.82, 2.24) is 0 Å². The van der Waals surface area contributed by atoms with Crippen LogP contribution >= 0.6 is 0 Å². The molecule has 0 N–H and O–H groups in total. The maximum Gasteiger partial charge on any atom is 0.274 e. The first kappa shape index (κ1) is 15.4. The summed E-state index contributed by atoms with van der Waals surface area (Å²) in [7, 11) is 0. The van der Waals surface area contributed by atoms with Crippen LogP contribution in [0.5, 0.6) is 0 Å². The van der Waals surface area contributed by atoms with Crippen LogP contribution in [0.1, 0.15) is 32.3 Å². The smallest absolute Gasteiger partial charge is 0.274 e. The number of nitrogens with zero attached hydrogens (tertiary/aromatic N) is 2. The molecule has 0 unspecified atom stereocenters. The fourth-order valence-corrected chi connectivity index (χ4v) is 3.44. The average Bonchev–Trinajstić information content (AvgIpc) is 2.72. The fraction of sp³-hybridized carbons (Fsp3) is 0.412. The number of hydrogen-bond donors (Lipinski definition) is 0. The number of anilines is 1. The minimum Gasteiger partial charge on any atom is -0.274 e. The van der Waals surface area contributed by atoms with E-state index in [0.717, 1.165) is 16.0 Å². The maximum absolute atomic E-state index is 12.7. The van der Waals surface area contributed by atoms with Gasteiger partial charge in [0.15, 0.2) is 0 Å². The molecule has 1 heterocycles. The largest absolute Gasteiger partial charge is 0.274 e. The van der Waals surface area contributed by atoms with Gasteiger partial charge in [-0.05, 0) is 39.7 Å². The number of allylic oxidation sites excluding steroid dienone is 2. The lowest BCUT2D eigenvalue weighted by atomic mass is 9.78. The number of benzene rings is 1. The van der Waals surface area contributed by atoms with E-state index in [2.05, 4.69) is 0 Å². The summed E-state index contributed by atoms with van der Waals surface area (Å²) in [6.45, 7) is 5.61. The van der Waals surface area contributed by atoms with E-state index < -0.39 is 4.92 Å². The van der Waals surface area contributed by atoms with Crippen LogP contribution in [0.15, 0.2) is 29.3 Å². The van der Waals surface area contributed by atoms with Gasteiger partial charge in [0.25, 0.3) is 5.69 Å². The van der Waals surface area contributed by atoms with E-state index in [0.29, 0.717) is 24.1 Å². The van der Waals surface area contributed by atoms with E-state index >= 15 is 0 Å². The van der Waals surface area contributed by atoms with Gasteiger partial charge in [0.1, 0.15) is 0 Å². The van der Waals surface area contributed by atoms with Crippen molar-refractivity contribution in [2.24, 2.45) is 11.8 Å². The van der Waals surface area contributed by atoms with Crippen molar-refractivity contribution in [3.8, 4) is 0 Å². The number of carbonyl (C=O) groups is 2.